The van der Waals surface area contributed by atoms with Crippen LogP contribution in [0.3, 0.4) is 0 Å². The van der Waals surface area contributed by atoms with Crippen molar-refractivity contribution in [2.75, 3.05) is 13.2 Å². The highest BCUT2D eigenvalue weighted by atomic mass is 16.6. The molecule has 0 fully saturated rings. The lowest BCUT2D eigenvalue weighted by atomic mass is 10.0. The number of esters is 3. The summed E-state index contributed by atoms with van der Waals surface area (Å²) in [5.74, 6) is -0.868. The van der Waals surface area contributed by atoms with E-state index in [1.54, 1.807) is 0 Å². The monoisotopic (exact) mass is 1110 g/mol. The highest BCUT2D eigenvalue weighted by Crippen LogP contribution is 2.17. The summed E-state index contributed by atoms with van der Waals surface area (Å²) in [6, 6.07) is 0. The normalized spacial score (nSPS) is 12.6. The second-order valence-electron chi connectivity index (χ2n) is 23.1. The van der Waals surface area contributed by atoms with Crippen molar-refractivity contribution in [1.82, 2.24) is 0 Å². The van der Waals surface area contributed by atoms with Gasteiger partial charge in [0, 0.05) is 19.3 Å². The second-order valence-corrected chi connectivity index (χ2v) is 23.1. The van der Waals surface area contributed by atoms with Crippen LogP contribution in [0.5, 0.6) is 0 Å². The molecule has 1 unspecified atom stereocenters. The molecule has 6 heteroatoms. The number of rotatable bonds is 63. The first-order valence-electron chi connectivity index (χ1n) is 34.6. The molecular formula is C74H130O6. The number of carbonyl (C=O) groups is 3. The van der Waals surface area contributed by atoms with Crippen LogP contribution in [0.15, 0.2) is 85.1 Å². The third-order valence-electron chi connectivity index (χ3n) is 15.1. The summed E-state index contributed by atoms with van der Waals surface area (Å²) in [6.45, 7) is 6.56. The fourth-order valence-electron chi connectivity index (χ4n) is 9.97. The Labute approximate surface area is 496 Å². The molecule has 0 aromatic carbocycles. The zero-order valence-corrected chi connectivity index (χ0v) is 53.1. The molecule has 462 valence electrons. The number of hydrogen-bond acceptors (Lipinski definition) is 6. The minimum atomic E-state index is -0.780. The van der Waals surface area contributed by atoms with Gasteiger partial charge in [0.25, 0.3) is 0 Å². The first kappa shape index (κ1) is 76.6. The van der Waals surface area contributed by atoms with Crippen molar-refractivity contribution in [1.29, 1.82) is 0 Å². The average molecular weight is 1120 g/mol. The van der Waals surface area contributed by atoms with E-state index >= 15 is 0 Å². The lowest BCUT2D eigenvalue weighted by molar-refractivity contribution is -0.167. The van der Waals surface area contributed by atoms with E-state index in [-0.39, 0.29) is 31.1 Å². The molecular weight excluding hydrogens is 985 g/mol. The van der Waals surface area contributed by atoms with E-state index < -0.39 is 6.10 Å². The van der Waals surface area contributed by atoms with Gasteiger partial charge in [-0.15, -0.1) is 0 Å². The quantitative estimate of drug-likeness (QED) is 0.0261. The average Bonchev–Trinajstić information content (AvgIpc) is 3.46. The molecule has 0 aliphatic rings. The summed E-state index contributed by atoms with van der Waals surface area (Å²) in [5.41, 5.74) is 0. The van der Waals surface area contributed by atoms with Crippen molar-refractivity contribution in [3.63, 3.8) is 0 Å². The molecule has 0 saturated carbocycles. The van der Waals surface area contributed by atoms with Crippen molar-refractivity contribution in [2.24, 2.45) is 0 Å². The molecule has 0 heterocycles. The van der Waals surface area contributed by atoms with Gasteiger partial charge >= 0.3 is 17.9 Å². The van der Waals surface area contributed by atoms with Crippen LogP contribution in [0.2, 0.25) is 0 Å². The molecule has 0 amide bonds. The van der Waals surface area contributed by atoms with Crippen LogP contribution < -0.4 is 0 Å². The van der Waals surface area contributed by atoms with Gasteiger partial charge in [-0.3, -0.25) is 14.4 Å². The van der Waals surface area contributed by atoms with Crippen LogP contribution in [0, 0.1) is 0 Å². The Balaban J connectivity index is 4.28. The standard InChI is InChI=1S/C74H130O6/c1-4-7-10-13-16-19-22-25-27-29-31-33-35-36-37-38-40-41-43-45-47-49-52-55-58-61-64-67-73(76)79-70-71(69-78-72(75)66-63-60-57-54-51-24-21-18-15-12-9-6-3)80-74(77)68-65-62-59-56-53-50-48-46-44-42-39-34-32-30-28-26-23-20-17-14-11-8-5-2/h7,10,16,19,25,27,30-33,36-37,40-41,71H,4-6,8-9,11-15,17-18,20-24,26,28-29,34-35,38-39,42-70H2,1-3H3/b10-7-,19-16-,27-25-,32-30-,33-31-,37-36-,41-40-. The molecule has 0 aliphatic carbocycles. The summed E-state index contributed by atoms with van der Waals surface area (Å²) >= 11 is 0. The fraction of sp³-hybridized carbons (Fsp3) is 0.770. The van der Waals surface area contributed by atoms with Gasteiger partial charge in [-0.2, -0.15) is 0 Å². The van der Waals surface area contributed by atoms with Crippen molar-refractivity contribution < 1.29 is 28.6 Å². The van der Waals surface area contributed by atoms with Crippen LogP contribution in [0.25, 0.3) is 0 Å². The molecule has 80 heavy (non-hydrogen) atoms. The molecule has 0 saturated heterocycles. The predicted molar refractivity (Wildman–Crippen MR) is 348 cm³/mol. The van der Waals surface area contributed by atoms with Gasteiger partial charge in [0.1, 0.15) is 13.2 Å². The van der Waals surface area contributed by atoms with E-state index in [1.165, 1.54) is 205 Å². The molecule has 0 aromatic heterocycles. The molecule has 0 rings (SSSR count). The Morgan fingerprint density at radius 3 is 0.775 bits per heavy atom. The number of hydrogen-bond donors (Lipinski definition) is 0. The maximum atomic E-state index is 12.9. The molecule has 0 spiro atoms. The molecule has 6 nitrogen and oxygen atoms in total. The first-order valence-corrected chi connectivity index (χ1v) is 34.6. The molecule has 1 atom stereocenters. The highest BCUT2D eigenvalue weighted by Gasteiger charge is 2.19. The maximum Gasteiger partial charge on any atom is 0.306 e. The van der Waals surface area contributed by atoms with E-state index in [1.807, 2.05) is 0 Å². The number of allylic oxidation sites excluding steroid dienone is 14. The largest absolute Gasteiger partial charge is 0.462 e. The fourth-order valence-corrected chi connectivity index (χ4v) is 9.97. The Kier molecular flexibility index (Phi) is 65.2. The van der Waals surface area contributed by atoms with Crippen molar-refractivity contribution in [3.05, 3.63) is 85.1 Å². The van der Waals surface area contributed by atoms with Crippen LogP contribution in [-0.2, 0) is 28.6 Å². The summed E-state index contributed by atoms with van der Waals surface area (Å²) < 4.78 is 17.0. The first-order chi connectivity index (χ1) is 39.5. The topological polar surface area (TPSA) is 78.9 Å². The lowest BCUT2D eigenvalue weighted by Crippen LogP contribution is -2.30. The van der Waals surface area contributed by atoms with Gasteiger partial charge in [0.15, 0.2) is 6.10 Å². The predicted octanol–water partition coefficient (Wildman–Crippen LogP) is 23.8. The Morgan fingerprint density at radius 1 is 0.263 bits per heavy atom. The second kappa shape index (κ2) is 68.1. The van der Waals surface area contributed by atoms with E-state index in [0.717, 1.165) is 103 Å². The SMILES string of the molecule is CC/C=C\C/C=C\C/C=C\C/C=C\C/C=C\C/C=C\CCCCCCCCCCC(=O)OCC(COC(=O)CCCCCCCCCCCCCC)OC(=O)CCCCCCCCCCCCC/C=C\CCCCCCCCCC. The van der Waals surface area contributed by atoms with Crippen molar-refractivity contribution in [3.8, 4) is 0 Å². The van der Waals surface area contributed by atoms with Gasteiger partial charge in [0.05, 0.1) is 0 Å². The molecule has 0 radical (unpaired) electrons. The molecule has 0 aliphatic heterocycles. The zero-order chi connectivity index (χ0) is 57.8. The van der Waals surface area contributed by atoms with Crippen LogP contribution in [-0.4, -0.2) is 37.2 Å². The van der Waals surface area contributed by atoms with E-state index in [4.69, 9.17) is 14.2 Å². The number of unbranched alkanes of at least 4 members (excludes halogenated alkanes) is 38. The van der Waals surface area contributed by atoms with E-state index in [9.17, 15) is 14.4 Å². The van der Waals surface area contributed by atoms with E-state index in [0.29, 0.717) is 19.3 Å². The van der Waals surface area contributed by atoms with Gasteiger partial charge in [-0.25, -0.2) is 0 Å². The number of ether oxygens (including phenoxy) is 3. The molecule has 0 N–H and O–H groups in total. The zero-order valence-electron chi connectivity index (χ0n) is 53.1. The Morgan fingerprint density at radius 2 is 0.487 bits per heavy atom. The van der Waals surface area contributed by atoms with Crippen LogP contribution in [0.4, 0.5) is 0 Å². The van der Waals surface area contributed by atoms with Crippen molar-refractivity contribution >= 4 is 17.9 Å². The lowest BCUT2D eigenvalue weighted by Gasteiger charge is -2.18. The third kappa shape index (κ3) is 65.4. The maximum absolute atomic E-state index is 12.9. The summed E-state index contributed by atoms with van der Waals surface area (Å²) in [7, 11) is 0. The van der Waals surface area contributed by atoms with Gasteiger partial charge in [-0.05, 0) is 96.3 Å². The van der Waals surface area contributed by atoms with Crippen molar-refractivity contribution in [2.45, 2.75) is 354 Å². The smallest absolute Gasteiger partial charge is 0.306 e. The molecule has 0 aromatic rings. The van der Waals surface area contributed by atoms with Gasteiger partial charge < -0.3 is 14.2 Å². The Hall–Kier alpha value is -3.41. The van der Waals surface area contributed by atoms with Gasteiger partial charge in [0.2, 0.25) is 0 Å². The Bertz CT molecular complexity index is 1520. The summed E-state index contributed by atoms with van der Waals surface area (Å²) in [4.78, 5) is 38.4. The summed E-state index contributed by atoms with van der Waals surface area (Å²) in [6.07, 6.45) is 90.3. The van der Waals surface area contributed by atoms with Crippen LogP contribution >= 0.6 is 0 Å². The van der Waals surface area contributed by atoms with E-state index in [2.05, 4.69) is 106 Å². The minimum absolute atomic E-state index is 0.0754. The number of carbonyl (C=O) groups excluding carboxylic acids is 3. The highest BCUT2D eigenvalue weighted by molar-refractivity contribution is 5.71. The van der Waals surface area contributed by atoms with Crippen LogP contribution in [0.1, 0.15) is 348 Å². The summed E-state index contributed by atoms with van der Waals surface area (Å²) in [5, 5.41) is 0. The third-order valence-corrected chi connectivity index (χ3v) is 15.1. The molecule has 0 bridgehead atoms. The minimum Gasteiger partial charge on any atom is -0.462 e. The van der Waals surface area contributed by atoms with Gasteiger partial charge in [-0.1, -0.05) is 318 Å².